The van der Waals surface area contributed by atoms with Crippen molar-refractivity contribution < 1.29 is 13.3 Å². The fraction of sp³-hybridized carbons (Fsp3) is 0.333. The van der Waals surface area contributed by atoms with Gasteiger partial charge in [0.15, 0.2) is 0 Å². The lowest BCUT2D eigenvalue weighted by Gasteiger charge is -2.01. The molecule has 0 fully saturated rings. The van der Waals surface area contributed by atoms with E-state index >= 15 is 0 Å². The van der Waals surface area contributed by atoms with E-state index in [1.165, 1.54) is 0 Å². The maximum atomic E-state index is 13.0. The van der Waals surface area contributed by atoms with Gasteiger partial charge in [0, 0.05) is 18.1 Å². The van der Waals surface area contributed by atoms with Gasteiger partial charge in [-0.25, -0.2) is 8.78 Å². The zero-order valence-electron chi connectivity index (χ0n) is 9.86. The molecule has 1 aromatic heterocycles. The van der Waals surface area contributed by atoms with Crippen LogP contribution in [0.2, 0.25) is 0 Å². The first-order chi connectivity index (χ1) is 8.58. The van der Waals surface area contributed by atoms with Crippen molar-refractivity contribution in [2.24, 2.45) is 11.7 Å². The molecule has 0 bridgehead atoms. The Kier molecular flexibility index (Phi) is 3.66. The van der Waals surface area contributed by atoms with Gasteiger partial charge in [-0.2, -0.15) is 4.98 Å². The molecular weight excluding hydrogens is 240 g/mol. The van der Waals surface area contributed by atoms with Crippen LogP contribution in [-0.4, -0.2) is 16.7 Å². The molecule has 4 nitrogen and oxygen atoms in total. The summed E-state index contributed by atoms with van der Waals surface area (Å²) in [6.45, 7) is 2.46. The summed E-state index contributed by atoms with van der Waals surface area (Å²) >= 11 is 0. The molecule has 0 aliphatic rings. The summed E-state index contributed by atoms with van der Waals surface area (Å²) < 4.78 is 31.1. The number of benzene rings is 1. The second-order valence-electron chi connectivity index (χ2n) is 4.21. The van der Waals surface area contributed by atoms with Crippen LogP contribution in [0.1, 0.15) is 12.8 Å². The lowest BCUT2D eigenvalue weighted by molar-refractivity contribution is 0.359. The average Bonchev–Trinajstić information content (AvgIpc) is 2.76. The van der Waals surface area contributed by atoms with Crippen molar-refractivity contribution >= 4 is 0 Å². The van der Waals surface area contributed by atoms with E-state index in [9.17, 15) is 8.78 Å². The first kappa shape index (κ1) is 12.6. The van der Waals surface area contributed by atoms with Crippen molar-refractivity contribution in [1.29, 1.82) is 0 Å². The fourth-order valence-electron chi connectivity index (χ4n) is 1.52. The van der Waals surface area contributed by atoms with Crippen LogP contribution in [0.3, 0.4) is 0 Å². The zero-order valence-corrected chi connectivity index (χ0v) is 9.86. The van der Waals surface area contributed by atoms with Gasteiger partial charge in [0.25, 0.3) is 0 Å². The normalized spacial score (nSPS) is 12.7. The van der Waals surface area contributed by atoms with Gasteiger partial charge in [-0.3, -0.25) is 0 Å². The smallest absolute Gasteiger partial charge is 0.227 e. The van der Waals surface area contributed by atoms with Crippen LogP contribution in [0.5, 0.6) is 0 Å². The summed E-state index contributed by atoms with van der Waals surface area (Å²) in [6.07, 6.45) is 0.543. The molecule has 1 aromatic carbocycles. The molecule has 96 valence electrons. The van der Waals surface area contributed by atoms with E-state index in [4.69, 9.17) is 10.3 Å². The van der Waals surface area contributed by atoms with Crippen molar-refractivity contribution in [1.82, 2.24) is 10.1 Å². The summed E-state index contributed by atoms with van der Waals surface area (Å²) in [5.74, 6) is -0.555. The van der Waals surface area contributed by atoms with Gasteiger partial charge in [-0.05, 0) is 24.6 Å². The van der Waals surface area contributed by atoms with E-state index in [0.29, 0.717) is 18.9 Å². The Morgan fingerprint density at radius 2 is 1.94 bits per heavy atom. The van der Waals surface area contributed by atoms with Crippen LogP contribution >= 0.6 is 0 Å². The van der Waals surface area contributed by atoms with Gasteiger partial charge < -0.3 is 10.3 Å². The molecule has 1 atom stereocenters. The van der Waals surface area contributed by atoms with Crippen LogP contribution in [0, 0.1) is 17.6 Å². The summed E-state index contributed by atoms with van der Waals surface area (Å²) in [5, 5.41) is 3.70. The molecule has 0 amide bonds. The number of halogens is 2. The summed E-state index contributed by atoms with van der Waals surface area (Å²) in [6, 6.07) is 3.11. The number of nitrogens with two attached hydrogens (primary N) is 1. The van der Waals surface area contributed by atoms with E-state index in [1.54, 1.807) is 0 Å². The van der Waals surface area contributed by atoms with Crippen LogP contribution in [-0.2, 0) is 6.42 Å². The topological polar surface area (TPSA) is 64.9 Å². The molecule has 1 unspecified atom stereocenters. The Morgan fingerprint density at radius 1 is 1.28 bits per heavy atom. The lowest BCUT2D eigenvalue weighted by Crippen LogP contribution is -2.13. The van der Waals surface area contributed by atoms with Crippen LogP contribution in [0.4, 0.5) is 8.78 Å². The van der Waals surface area contributed by atoms with E-state index in [1.807, 2.05) is 6.92 Å². The quantitative estimate of drug-likeness (QED) is 0.906. The van der Waals surface area contributed by atoms with Crippen molar-refractivity contribution in [3.63, 3.8) is 0 Å². The Hall–Kier alpha value is -1.82. The fourth-order valence-corrected chi connectivity index (χ4v) is 1.52. The molecule has 18 heavy (non-hydrogen) atoms. The van der Waals surface area contributed by atoms with Gasteiger partial charge in [0.1, 0.15) is 11.6 Å². The highest BCUT2D eigenvalue weighted by Gasteiger charge is 2.12. The van der Waals surface area contributed by atoms with E-state index in [-0.39, 0.29) is 17.3 Å². The van der Waals surface area contributed by atoms with Gasteiger partial charge in [0.2, 0.25) is 11.7 Å². The predicted molar refractivity (Wildman–Crippen MR) is 61.6 cm³/mol. The standard InChI is InChI=1S/C12H13F2N3O/c1-7(6-15)2-11-16-12(17-18-11)8-3-9(13)5-10(14)4-8/h3-5,7H,2,6,15H2,1H3. The summed E-state index contributed by atoms with van der Waals surface area (Å²) in [4.78, 5) is 4.08. The molecule has 2 aromatic rings. The molecule has 2 N–H and O–H groups in total. The molecule has 0 saturated heterocycles. The molecule has 1 heterocycles. The molecule has 0 saturated carbocycles. The maximum absolute atomic E-state index is 13.0. The van der Waals surface area contributed by atoms with E-state index in [2.05, 4.69) is 10.1 Å². The monoisotopic (exact) mass is 253 g/mol. The Balaban J connectivity index is 2.23. The highest BCUT2D eigenvalue weighted by atomic mass is 19.1. The largest absolute Gasteiger partial charge is 0.339 e. The highest BCUT2D eigenvalue weighted by Crippen LogP contribution is 2.19. The third-order valence-corrected chi connectivity index (χ3v) is 2.51. The van der Waals surface area contributed by atoms with Crippen molar-refractivity contribution in [3.8, 4) is 11.4 Å². The second kappa shape index (κ2) is 5.22. The van der Waals surface area contributed by atoms with Gasteiger partial charge >= 0.3 is 0 Å². The highest BCUT2D eigenvalue weighted by molar-refractivity contribution is 5.54. The molecule has 0 spiro atoms. The van der Waals surface area contributed by atoms with Gasteiger partial charge in [-0.15, -0.1) is 0 Å². The van der Waals surface area contributed by atoms with Crippen LogP contribution < -0.4 is 5.73 Å². The maximum Gasteiger partial charge on any atom is 0.227 e. The predicted octanol–water partition coefficient (Wildman–Crippen LogP) is 2.15. The minimum absolute atomic E-state index is 0.174. The Labute approximate surface area is 103 Å². The van der Waals surface area contributed by atoms with Crippen molar-refractivity contribution in [2.75, 3.05) is 6.54 Å². The molecule has 0 aliphatic heterocycles. The van der Waals surface area contributed by atoms with Crippen LogP contribution in [0.25, 0.3) is 11.4 Å². The molecule has 0 aliphatic carbocycles. The second-order valence-corrected chi connectivity index (χ2v) is 4.21. The number of rotatable bonds is 4. The minimum Gasteiger partial charge on any atom is -0.339 e. The third-order valence-electron chi connectivity index (χ3n) is 2.51. The molecular formula is C12H13F2N3O. The Morgan fingerprint density at radius 3 is 2.56 bits per heavy atom. The lowest BCUT2D eigenvalue weighted by atomic mass is 10.1. The number of hydrogen-bond donors (Lipinski definition) is 1. The number of hydrogen-bond acceptors (Lipinski definition) is 4. The summed E-state index contributed by atoms with van der Waals surface area (Å²) in [5.41, 5.74) is 5.74. The first-order valence-electron chi connectivity index (χ1n) is 5.57. The average molecular weight is 253 g/mol. The number of aromatic nitrogens is 2. The van der Waals surface area contributed by atoms with E-state index in [0.717, 1.165) is 18.2 Å². The molecule has 0 radical (unpaired) electrons. The van der Waals surface area contributed by atoms with Gasteiger partial charge in [-0.1, -0.05) is 12.1 Å². The third kappa shape index (κ3) is 2.89. The van der Waals surface area contributed by atoms with Crippen molar-refractivity contribution in [3.05, 3.63) is 35.7 Å². The summed E-state index contributed by atoms with van der Waals surface area (Å²) in [7, 11) is 0. The van der Waals surface area contributed by atoms with Gasteiger partial charge in [0.05, 0.1) is 0 Å². The zero-order chi connectivity index (χ0) is 13.1. The van der Waals surface area contributed by atoms with Crippen LogP contribution in [0.15, 0.2) is 22.7 Å². The first-order valence-corrected chi connectivity index (χ1v) is 5.57. The molecule has 2 rings (SSSR count). The van der Waals surface area contributed by atoms with Crippen molar-refractivity contribution in [2.45, 2.75) is 13.3 Å². The Bertz CT molecular complexity index is 522. The number of nitrogens with zero attached hydrogens (tertiary/aromatic N) is 2. The SMILES string of the molecule is CC(CN)Cc1nc(-c2cc(F)cc(F)c2)no1. The van der Waals surface area contributed by atoms with E-state index < -0.39 is 11.6 Å². The molecule has 6 heteroatoms. The minimum atomic E-state index is -0.674.